The van der Waals surface area contributed by atoms with Crippen LogP contribution in [0.3, 0.4) is 0 Å². The summed E-state index contributed by atoms with van der Waals surface area (Å²) in [6.45, 7) is 1.88. The number of likely N-dealkylation sites (N-methyl/N-ethyl adjacent to an activating group) is 1. The molecule has 0 atom stereocenters. The number of hydrogen-bond acceptors (Lipinski definition) is 6. The molecule has 2 aromatic carbocycles. The predicted octanol–water partition coefficient (Wildman–Crippen LogP) is 3.61. The van der Waals surface area contributed by atoms with Gasteiger partial charge in [0.1, 0.15) is 5.75 Å². The molecule has 0 spiro atoms. The molecule has 3 aromatic rings. The van der Waals surface area contributed by atoms with Crippen LogP contribution in [0.5, 0.6) is 5.75 Å². The lowest BCUT2D eigenvalue weighted by Gasteiger charge is -2.17. The van der Waals surface area contributed by atoms with E-state index in [1.807, 2.05) is 6.07 Å². The van der Waals surface area contributed by atoms with Gasteiger partial charge < -0.3 is 10.1 Å². The summed E-state index contributed by atoms with van der Waals surface area (Å²) in [5.74, 6) is -0.0486. The van der Waals surface area contributed by atoms with E-state index in [2.05, 4.69) is 9.69 Å². The van der Waals surface area contributed by atoms with Gasteiger partial charge in [-0.3, -0.25) is 4.79 Å². The van der Waals surface area contributed by atoms with E-state index >= 15 is 0 Å². The van der Waals surface area contributed by atoms with Gasteiger partial charge in [0.2, 0.25) is 15.9 Å². The van der Waals surface area contributed by atoms with Crippen LogP contribution in [0.4, 0.5) is 5.69 Å². The highest BCUT2D eigenvalue weighted by Gasteiger charge is 2.24. The average molecular weight is 440 g/mol. The SMILES string of the molecule is CCOc1ccc(S(=O)(=O)N(C)CC(=O)Nc2ccc3sncc3c2)cc1Cl. The fraction of sp³-hybridized carbons (Fsp3) is 0.222. The number of anilines is 1. The summed E-state index contributed by atoms with van der Waals surface area (Å²) in [5, 5.41) is 3.80. The second-order valence-electron chi connectivity index (χ2n) is 5.91. The van der Waals surface area contributed by atoms with Crippen LogP contribution in [0, 0.1) is 0 Å². The van der Waals surface area contributed by atoms with Crippen molar-refractivity contribution in [2.24, 2.45) is 0 Å². The Balaban J connectivity index is 1.70. The summed E-state index contributed by atoms with van der Waals surface area (Å²) in [6.07, 6.45) is 1.71. The van der Waals surface area contributed by atoms with Crippen molar-refractivity contribution in [2.75, 3.05) is 25.5 Å². The van der Waals surface area contributed by atoms with E-state index in [4.69, 9.17) is 16.3 Å². The van der Waals surface area contributed by atoms with Gasteiger partial charge in [-0.25, -0.2) is 8.42 Å². The fourth-order valence-corrected chi connectivity index (χ4v) is 4.61. The number of benzene rings is 2. The number of carbonyl (C=O) groups excluding carboxylic acids is 1. The normalized spacial score (nSPS) is 11.7. The first-order valence-corrected chi connectivity index (χ1v) is 10.9. The topological polar surface area (TPSA) is 88.6 Å². The summed E-state index contributed by atoms with van der Waals surface area (Å²) >= 11 is 7.44. The zero-order valence-corrected chi connectivity index (χ0v) is 17.6. The molecule has 1 heterocycles. The molecule has 10 heteroatoms. The Labute approximate surface area is 172 Å². The largest absolute Gasteiger partial charge is 0.492 e. The molecule has 1 aromatic heterocycles. The number of carbonyl (C=O) groups is 1. The van der Waals surface area contributed by atoms with Gasteiger partial charge in [0.15, 0.2) is 0 Å². The van der Waals surface area contributed by atoms with Gasteiger partial charge in [0.05, 0.1) is 27.8 Å². The predicted molar refractivity (Wildman–Crippen MR) is 111 cm³/mol. The number of amides is 1. The maximum Gasteiger partial charge on any atom is 0.243 e. The molecular formula is C18H18ClN3O4S2. The molecule has 1 N–H and O–H groups in total. The molecule has 3 rings (SSSR count). The van der Waals surface area contributed by atoms with Crippen molar-refractivity contribution in [3.05, 3.63) is 47.6 Å². The molecule has 148 valence electrons. The molecule has 0 aliphatic carbocycles. The molecule has 0 saturated carbocycles. The Kier molecular flexibility index (Phi) is 6.19. The number of aromatic nitrogens is 1. The van der Waals surface area contributed by atoms with Gasteiger partial charge in [-0.05, 0) is 54.9 Å². The van der Waals surface area contributed by atoms with Crippen LogP contribution in [0.15, 0.2) is 47.5 Å². The standard InChI is InChI=1S/C18H18ClN3O4S2/c1-3-26-16-6-5-14(9-15(16)19)28(24,25)22(2)11-18(23)21-13-4-7-17-12(8-13)10-20-27-17/h4-10H,3,11H2,1-2H3,(H,21,23). The number of rotatable bonds is 7. The van der Waals surface area contributed by atoms with E-state index in [-0.39, 0.29) is 16.5 Å². The van der Waals surface area contributed by atoms with Crippen molar-refractivity contribution >= 4 is 54.8 Å². The number of nitrogens with zero attached hydrogens (tertiary/aromatic N) is 2. The average Bonchev–Trinajstić information content (AvgIpc) is 3.11. The minimum Gasteiger partial charge on any atom is -0.492 e. The molecule has 0 aliphatic rings. The Morgan fingerprint density at radius 3 is 2.79 bits per heavy atom. The van der Waals surface area contributed by atoms with Crippen molar-refractivity contribution < 1.29 is 17.9 Å². The third kappa shape index (κ3) is 4.44. The number of halogens is 1. The van der Waals surface area contributed by atoms with Gasteiger partial charge in [0.25, 0.3) is 0 Å². The maximum absolute atomic E-state index is 12.7. The molecular weight excluding hydrogens is 422 g/mol. The minimum atomic E-state index is -3.88. The lowest BCUT2D eigenvalue weighted by Crippen LogP contribution is -2.35. The molecule has 0 bridgehead atoms. The van der Waals surface area contributed by atoms with Gasteiger partial charge in [-0.2, -0.15) is 8.68 Å². The van der Waals surface area contributed by atoms with E-state index < -0.39 is 15.9 Å². The Morgan fingerprint density at radius 1 is 1.29 bits per heavy atom. The first-order valence-electron chi connectivity index (χ1n) is 8.34. The highest BCUT2D eigenvalue weighted by atomic mass is 35.5. The monoisotopic (exact) mass is 439 g/mol. The third-order valence-corrected chi connectivity index (χ3v) is 6.79. The lowest BCUT2D eigenvalue weighted by atomic mass is 10.2. The van der Waals surface area contributed by atoms with Crippen LogP contribution >= 0.6 is 23.1 Å². The highest BCUT2D eigenvalue weighted by Crippen LogP contribution is 2.28. The maximum atomic E-state index is 12.7. The van der Waals surface area contributed by atoms with E-state index in [1.165, 1.54) is 36.8 Å². The van der Waals surface area contributed by atoms with Gasteiger partial charge in [-0.1, -0.05) is 11.6 Å². The van der Waals surface area contributed by atoms with Crippen LogP contribution in [0.2, 0.25) is 5.02 Å². The second kappa shape index (κ2) is 8.44. The molecule has 0 aliphatic heterocycles. The molecule has 7 nitrogen and oxygen atoms in total. The summed E-state index contributed by atoms with van der Waals surface area (Å²) in [5.41, 5.74) is 0.576. The molecule has 28 heavy (non-hydrogen) atoms. The van der Waals surface area contributed by atoms with Gasteiger partial charge >= 0.3 is 0 Å². The first kappa shape index (κ1) is 20.5. The number of hydrogen-bond donors (Lipinski definition) is 1. The summed E-state index contributed by atoms with van der Waals surface area (Å²) < 4.78 is 36.8. The van der Waals surface area contributed by atoms with Crippen molar-refractivity contribution in [2.45, 2.75) is 11.8 Å². The van der Waals surface area contributed by atoms with Crippen LogP contribution in [0.25, 0.3) is 10.1 Å². The summed E-state index contributed by atoms with van der Waals surface area (Å²) in [7, 11) is -2.54. The quantitative estimate of drug-likeness (QED) is 0.607. The second-order valence-corrected chi connectivity index (χ2v) is 9.20. The fourth-order valence-electron chi connectivity index (χ4n) is 2.53. The van der Waals surface area contributed by atoms with E-state index in [0.29, 0.717) is 18.0 Å². The van der Waals surface area contributed by atoms with Crippen LogP contribution in [-0.4, -0.2) is 43.2 Å². The van der Waals surface area contributed by atoms with Crippen LogP contribution in [0.1, 0.15) is 6.92 Å². The molecule has 0 radical (unpaired) electrons. The number of fused-ring (bicyclic) bond motifs is 1. The van der Waals surface area contributed by atoms with Crippen LogP contribution < -0.4 is 10.1 Å². The van der Waals surface area contributed by atoms with Gasteiger partial charge in [-0.15, -0.1) is 0 Å². The Morgan fingerprint density at radius 2 is 2.07 bits per heavy atom. The molecule has 0 fully saturated rings. The number of sulfonamides is 1. The minimum absolute atomic E-state index is 0.0120. The van der Waals surface area contributed by atoms with E-state index in [0.717, 1.165) is 14.4 Å². The first-order chi connectivity index (χ1) is 13.3. The van der Waals surface area contributed by atoms with Crippen molar-refractivity contribution in [1.29, 1.82) is 0 Å². The third-order valence-electron chi connectivity index (χ3n) is 3.91. The molecule has 0 saturated heterocycles. The van der Waals surface area contributed by atoms with Crippen molar-refractivity contribution in [3.63, 3.8) is 0 Å². The number of ether oxygens (including phenoxy) is 1. The van der Waals surface area contributed by atoms with E-state index in [9.17, 15) is 13.2 Å². The summed E-state index contributed by atoms with van der Waals surface area (Å²) in [6, 6.07) is 9.60. The smallest absolute Gasteiger partial charge is 0.243 e. The van der Waals surface area contributed by atoms with E-state index in [1.54, 1.807) is 25.3 Å². The van der Waals surface area contributed by atoms with Crippen LogP contribution in [-0.2, 0) is 14.8 Å². The zero-order valence-electron chi connectivity index (χ0n) is 15.2. The Hall–Kier alpha value is -2.20. The zero-order chi connectivity index (χ0) is 20.3. The Bertz CT molecular complexity index is 1110. The molecule has 1 amide bonds. The lowest BCUT2D eigenvalue weighted by molar-refractivity contribution is -0.116. The van der Waals surface area contributed by atoms with Crippen molar-refractivity contribution in [3.8, 4) is 5.75 Å². The molecule has 0 unspecified atom stereocenters. The highest BCUT2D eigenvalue weighted by molar-refractivity contribution is 7.89. The van der Waals surface area contributed by atoms with Crippen molar-refractivity contribution in [1.82, 2.24) is 8.68 Å². The number of nitrogens with one attached hydrogen (secondary N) is 1. The van der Waals surface area contributed by atoms with Gasteiger partial charge in [0, 0.05) is 24.3 Å². The summed E-state index contributed by atoms with van der Waals surface area (Å²) in [4.78, 5) is 12.3.